The molecule has 1 saturated heterocycles. The number of anilines is 1. The van der Waals surface area contributed by atoms with E-state index in [1.54, 1.807) is 0 Å². The molecule has 2 rings (SSSR count). The van der Waals surface area contributed by atoms with Crippen molar-refractivity contribution in [1.82, 2.24) is 0 Å². The maximum Gasteiger partial charge on any atom is 0.496 e. The van der Waals surface area contributed by atoms with Crippen LogP contribution in [0.2, 0.25) is 0 Å². The Balaban J connectivity index is 0.00000144. The zero-order chi connectivity index (χ0) is 11.8. The molecular weight excluding hydrogens is 243 g/mol. The molecule has 0 radical (unpaired) electrons. The van der Waals surface area contributed by atoms with E-state index in [4.69, 9.17) is 15.0 Å². The minimum atomic E-state index is -0.552. The zero-order valence-electron chi connectivity index (χ0n) is 9.90. The SMILES string of the molecule is CC1(C)COB(c2cc(F)ccc2N)OC1.Cl. The zero-order valence-corrected chi connectivity index (χ0v) is 10.7. The number of benzene rings is 1. The van der Waals surface area contributed by atoms with Crippen molar-refractivity contribution in [3.63, 3.8) is 0 Å². The molecule has 2 N–H and O–H groups in total. The largest absolute Gasteiger partial charge is 0.496 e. The third-order valence-corrected chi connectivity index (χ3v) is 2.55. The van der Waals surface area contributed by atoms with E-state index in [-0.39, 0.29) is 23.6 Å². The molecule has 1 heterocycles. The molecule has 1 fully saturated rings. The van der Waals surface area contributed by atoms with Gasteiger partial charge < -0.3 is 15.0 Å². The molecule has 0 spiro atoms. The molecule has 0 aromatic heterocycles. The minimum Gasteiger partial charge on any atom is -0.407 e. The number of hydrogen-bond acceptors (Lipinski definition) is 3. The Morgan fingerprint density at radius 2 is 1.88 bits per heavy atom. The van der Waals surface area contributed by atoms with Crippen molar-refractivity contribution in [1.29, 1.82) is 0 Å². The molecule has 0 unspecified atom stereocenters. The first kappa shape index (κ1) is 14.3. The quantitative estimate of drug-likeness (QED) is 0.615. The van der Waals surface area contributed by atoms with Gasteiger partial charge in [-0.15, -0.1) is 12.4 Å². The van der Waals surface area contributed by atoms with Gasteiger partial charge in [0.25, 0.3) is 0 Å². The van der Waals surface area contributed by atoms with E-state index in [0.29, 0.717) is 24.4 Å². The van der Waals surface area contributed by atoms with Gasteiger partial charge in [-0.25, -0.2) is 4.39 Å². The second kappa shape index (κ2) is 5.25. The molecule has 1 aromatic carbocycles. The van der Waals surface area contributed by atoms with Crippen molar-refractivity contribution < 1.29 is 13.7 Å². The van der Waals surface area contributed by atoms with Crippen molar-refractivity contribution in [3.8, 4) is 0 Å². The first-order valence-electron chi connectivity index (χ1n) is 5.26. The molecule has 0 bridgehead atoms. The maximum absolute atomic E-state index is 13.1. The van der Waals surface area contributed by atoms with Crippen molar-refractivity contribution in [2.75, 3.05) is 18.9 Å². The van der Waals surface area contributed by atoms with Crippen LogP contribution in [0.3, 0.4) is 0 Å². The first-order chi connectivity index (χ1) is 7.48. The van der Waals surface area contributed by atoms with Crippen LogP contribution in [0, 0.1) is 11.2 Å². The van der Waals surface area contributed by atoms with E-state index < -0.39 is 7.12 Å². The van der Waals surface area contributed by atoms with Crippen LogP contribution in [-0.2, 0) is 9.31 Å². The average molecular weight is 260 g/mol. The lowest BCUT2D eigenvalue weighted by molar-refractivity contribution is 0.0343. The topological polar surface area (TPSA) is 44.5 Å². The van der Waals surface area contributed by atoms with E-state index in [0.717, 1.165) is 0 Å². The Morgan fingerprint density at radius 1 is 1.29 bits per heavy atom. The van der Waals surface area contributed by atoms with Crippen LogP contribution < -0.4 is 11.2 Å². The summed E-state index contributed by atoms with van der Waals surface area (Å²) in [6.07, 6.45) is 0. The fourth-order valence-electron chi connectivity index (χ4n) is 1.62. The molecule has 1 aromatic rings. The van der Waals surface area contributed by atoms with Gasteiger partial charge in [-0.05, 0) is 18.2 Å². The Morgan fingerprint density at radius 3 is 2.47 bits per heavy atom. The Hall–Kier alpha value is -0.775. The molecule has 0 aliphatic carbocycles. The van der Waals surface area contributed by atoms with E-state index >= 15 is 0 Å². The number of hydrogen-bond donors (Lipinski definition) is 1. The van der Waals surface area contributed by atoms with Crippen molar-refractivity contribution >= 4 is 30.7 Å². The van der Waals surface area contributed by atoms with Crippen molar-refractivity contribution in [2.45, 2.75) is 13.8 Å². The van der Waals surface area contributed by atoms with Crippen molar-refractivity contribution in [2.24, 2.45) is 5.41 Å². The van der Waals surface area contributed by atoms with Crippen LogP contribution in [0.5, 0.6) is 0 Å². The van der Waals surface area contributed by atoms with Crippen LogP contribution in [0.4, 0.5) is 10.1 Å². The lowest BCUT2D eigenvalue weighted by Crippen LogP contribution is -2.48. The van der Waals surface area contributed by atoms with Gasteiger partial charge in [0.05, 0.1) is 0 Å². The van der Waals surface area contributed by atoms with Gasteiger partial charge in [-0.3, -0.25) is 0 Å². The summed E-state index contributed by atoms with van der Waals surface area (Å²) < 4.78 is 24.2. The van der Waals surface area contributed by atoms with E-state index in [2.05, 4.69) is 13.8 Å². The molecular formula is C11H16BClFNO2. The van der Waals surface area contributed by atoms with E-state index in [1.807, 2.05) is 0 Å². The summed E-state index contributed by atoms with van der Waals surface area (Å²) in [5, 5.41) is 0. The second-order valence-electron chi connectivity index (χ2n) is 4.89. The summed E-state index contributed by atoms with van der Waals surface area (Å²) in [6, 6.07) is 4.21. The highest BCUT2D eigenvalue weighted by Crippen LogP contribution is 2.22. The van der Waals surface area contributed by atoms with Gasteiger partial charge >= 0.3 is 7.12 Å². The molecule has 3 nitrogen and oxygen atoms in total. The predicted octanol–water partition coefficient (Wildman–Crippen LogP) is 1.60. The van der Waals surface area contributed by atoms with Crippen molar-refractivity contribution in [3.05, 3.63) is 24.0 Å². The van der Waals surface area contributed by atoms with Gasteiger partial charge in [0.2, 0.25) is 0 Å². The highest BCUT2D eigenvalue weighted by atomic mass is 35.5. The molecule has 0 atom stereocenters. The summed E-state index contributed by atoms with van der Waals surface area (Å²) in [7, 11) is -0.552. The molecule has 1 aliphatic heterocycles. The molecule has 6 heteroatoms. The van der Waals surface area contributed by atoms with Crippen LogP contribution in [0.1, 0.15) is 13.8 Å². The number of nitrogens with two attached hydrogens (primary N) is 1. The highest BCUT2D eigenvalue weighted by Gasteiger charge is 2.34. The van der Waals surface area contributed by atoms with Crippen LogP contribution in [0.25, 0.3) is 0 Å². The number of nitrogen functional groups attached to an aromatic ring is 1. The molecule has 0 saturated carbocycles. The summed E-state index contributed by atoms with van der Waals surface area (Å²) in [6.45, 7) is 5.26. The maximum atomic E-state index is 13.1. The van der Waals surface area contributed by atoms with Crippen LogP contribution >= 0.6 is 12.4 Å². The molecule has 94 valence electrons. The van der Waals surface area contributed by atoms with E-state index in [9.17, 15) is 4.39 Å². The summed E-state index contributed by atoms with van der Waals surface area (Å²) in [4.78, 5) is 0. The summed E-state index contributed by atoms with van der Waals surface area (Å²) in [5.74, 6) is -0.332. The Kier molecular flexibility index (Phi) is 4.41. The lowest BCUT2D eigenvalue weighted by atomic mass is 9.75. The average Bonchev–Trinajstić information content (AvgIpc) is 2.22. The third kappa shape index (κ3) is 3.34. The molecule has 0 amide bonds. The molecule has 1 aliphatic rings. The highest BCUT2D eigenvalue weighted by molar-refractivity contribution is 6.63. The Bertz CT molecular complexity index is 393. The Labute approximate surface area is 107 Å². The summed E-state index contributed by atoms with van der Waals surface area (Å²) in [5.41, 5.74) is 6.82. The minimum absolute atomic E-state index is 0. The van der Waals surface area contributed by atoms with E-state index in [1.165, 1.54) is 18.2 Å². The van der Waals surface area contributed by atoms with Gasteiger partial charge in [0, 0.05) is 29.8 Å². The standard InChI is InChI=1S/C11H15BFNO2.ClH/c1-11(2)6-15-12(16-7-11)9-5-8(13)3-4-10(9)14;/h3-5H,6-7,14H2,1-2H3;1H. The second-order valence-corrected chi connectivity index (χ2v) is 4.89. The van der Waals surface area contributed by atoms with Gasteiger partial charge in [0.1, 0.15) is 5.82 Å². The number of rotatable bonds is 1. The molecule has 17 heavy (non-hydrogen) atoms. The van der Waals surface area contributed by atoms with Gasteiger partial charge in [-0.1, -0.05) is 13.8 Å². The van der Waals surface area contributed by atoms with Gasteiger partial charge in [0.15, 0.2) is 0 Å². The lowest BCUT2D eigenvalue weighted by Gasteiger charge is -2.33. The van der Waals surface area contributed by atoms with Gasteiger partial charge in [-0.2, -0.15) is 0 Å². The number of halogens is 2. The fraction of sp³-hybridized carbons (Fsp3) is 0.455. The smallest absolute Gasteiger partial charge is 0.407 e. The summed E-state index contributed by atoms with van der Waals surface area (Å²) >= 11 is 0. The van der Waals surface area contributed by atoms with Crippen LogP contribution in [0.15, 0.2) is 18.2 Å². The predicted molar refractivity (Wildman–Crippen MR) is 69.1 cm³/mol. The normalized spacial score (nSPS) is 18.6. The third-order valence-electron chi connectivity index (χ3n) is 2.55. The monoisotopic (exact) mass is 259 g/mol. The van der Waals surface area contributed by atoms with Crippen LogP contribution in [-0.4, -0.2) is 20.3 Å². The fourth-order valence-corrected chi connectivity index (χ4v) is 1.62. The first-order valence-corrected chi connectivity index (χ1v) is 5.26.